The molecule has 27 heavy (non-hydrogen) atoms. The largest absolute Gasteiger partial charge is 0.281 e. The first-order chi connectivity index (χ1) is 12.7. The van der Waals surface area contributed by atoms with Crippen LogP contribution < -0.4 is 4.90 Å². The smallest absolute Gasteiger partial charge is 0.244 e. The first-order valence-electron chi connectivity index (χ1n) is 7.92. The maximum Gasteiger partial charge on any atom is 0.244 e. The molecule has 10 heteroatoms. The number of likely N-dealkylation sites (N-methyl/N-ethyl adjacent to an activating group) is 1. The van der Waals surface area contributed by atoms with Crippen molar-refractivity contribution in [2.75, 3.05) is 24.7 Å². The number of carbonyl (C=O) groups is 1. The normalized spacial score (nSPS) is 11.9. The third-order valence-corrected chi connectivity index (χ3v) is 6.14. The number of nitrogens with zero attached hydrogens (tertiary/aromatic N) is 4. The predicted octanol–water partition coefficient (Wildman–Crippen LogP) is 2.25. The number of aromatic nitrogens is 2. The van der Waals surface area contributed by atoms with Crippen molar-refractivity contribution in [3.63, 3.8) is 0 Å². The molecule has 0 N–H and O–H groups in total. The number of hydrogen-bond acceptors (Lipinski definition) is 6. The fourth-order valence-electron chi connectivity index (χ4n) is 2.31. The lowest BCUT2D eigenvalue weighted by atomic mass is 10.3. The number of sulfonamides is 1. The highest BCUT2D eigenvalue weighted by Gasteiger charge is 2.24. The molecule has 2 aromatic heterocycles. The first kappa shape index (κ1) is 19.3. The van der Waals surface area contributed by atoms with E-state index in [1.165, 1.54) is 30.1 Å². The molecule has 0 saturated heterocycles. The van der Waals surface area contributed by atoms with Crippen molar-refractivity contribution < 1.29 is 17.6 Å². The number of fused-ring (bicyclic) bond motifs is 1. The second kappa shape index (κ2) is 7.67. The van der Waals surface area contributed by atoms with E-state index < -0.39 is 21.7 Å². The van der Waals surface area contributed by atoms with Crippen LogP contribution in [0.3, 0.4) is 0 Å². The molecule has 3 rings (SSSR count). The Morgan fingerprint density at radius 3 is 2.70 bits per heavy atom. The van der Waals surface area contributed by atoms with Crippen LogP contribution in [0.1, 0.15) is 5.69 Å². The molecule has 0 aliphatic heterocycles. The molecule has 0 bridgehead atoms. The standard InChI is InChI=1S/C17H17FN4O3S2/c1-21(27(2,24)25)11-16(23)22(10-13-5-3-4-8-19-13)17-20-14-7-6-12(18)9-15(14)26-17/h3-9H,10-11H2,1-2H3. The number of anilines is 1. The molecule has 2 heterocycles. The Bertz CT molecular complexity index is 1070. The van der Waals surface area contributed by atoms with E-state index in [1.54, 1.807) is 24.4 Å². The van der Waals surface area contributed by atoms with Gasteiger partial charge in [0.05, 0.1) is 35.3 Å². The van der Waals surface area contributed by atoms with Crippen molar-refractivity contribution >= 4 is 42.6 Å². The topological polar surface area (TPSA) is 83.5 Å². The molecule has 0 fully saturated rings. The van der Waals surface area contributed by atoms with E-state index in [2.05, 4.69) is 9.97 Å². The third-order valence-electron chi connectivity index (χ3n) is 3.84. The zero-order valence-corrected chi connectivity index (χ0v) is 16.3. The van der Waals surface area contributed by atoms with Gasteiger partial charge in [-0.15, -0.1) is 0 Å². The lowest BCUT2D eigenvalue weighted by Gasteiger charge is -2.22. The number of hydrogen-bond donors (Lipinski definition) is 0. The van der Waals surface area contributed by atoms with Crippen molar-refractivity contribution in [2.45, 2.75) is 6.54 Å². The van der Waals surface area contributed by atoms with Crippen LogP contribution in [0.2, 0.25) is 0 Å². The highest BCUT2D eigenvalue weighted by Crippen LogP contribution is 2.30. The van der Waals surface area contributed by atoms with Gasteiger partial charge in [0.1, 0.15) is 5.82 Å². The fourth-order valence-corrected chi connectivity index (χ4v) is 3.66. The van der Waals surface area contributed by atoms with Gasteiger partial charge in [-0.2, -0.15) is 4.31 Å². The highest BCUT2D eigenvalue weighted by molar-refractivity contribution is 7.88. The Kier molecular flexibility index (Phi) is 5.49. The average molecular weight is 408 g/mol. The van der Waals surface area contributed by atoms with Crippen molar-refractivity contribution in [3.8, 4) is 0 Å². The summed E-state index contributed by atoms with van der Waals surface area (Å²) in [6.45, 7) is -0.213. The minimum Gasteiger partial charge on any atom is -0.281 e. The van der Waals surface area contributed by atoms with Gasteiger partial charge in [0, 0.05) is 13.2 Å². The quantitative estimate of drug-likeness (QED) is 0.625. The molecule has 0 unspecified atom stereocenters. The Balaban J connectivity index is 1.96. The molecule has 0 radical (unpaired) electrons. The van der Waals surface area contributed by atoms with Crippen LogP contribution in [0.4, 0.5) is 9.52 Å². The first-order valence-corrected chi connectivity index (χ1v) is 10.6. The Labute approximate surface area is 160 Å². The summed E-state index contributed by atoms with van der Waals surface area (Å²) in [5.74, 6) is -0.842. The summed E-state index contributed by atoms with van der Waals surface area (Å²) in [6, 6.07) is 9.50. The molecule has 0 atom stereocenters. The number of amides is 1. The lowest BCUT2D eigenvalue weighted by Crippen LogP contribution is -2.40. The van der Waals surface area contributed by atoms with Crippen LogP contribution in [-0.4, -0.2) is 48.4 Å². The lowest BCUT2D eigenvalue weighted by molar-refractivity contribution is -0.118. The van der Waals surface area contributed by atoms with E-state index in [-0.39, 0.29) is 13.1 Å². The van der Waals surface area contributed by atoms with Gasteiger partial charge in [0.25, 0.3) is 0 Å². The molecule has 1 aromatic carbocycles. The van der Waals surface area contributed by atoms with Gasteiger partial charge < -0.3 is 0 Å². The molecular weight excluding hydrogens is 391 g/mol. The number of benzene rings is 1. The Morgan fingerprint density at radius 2 is 2.04 bits per heavy atom. The van der Waals surface area contributed by atoms with Gasteiger partial charge >= 0.3 is 0 Å². The summed E-state index contributed by atoms with van der Waals surface area (Å²) in [5, 5.41) is 0.355. The van der Waals surface area contributed by atoms with Crippen LogP contribution in [-0.2, 0) is 21.4 Å². The number of carbonyl (C=O) groups excluding carboxylic acids is 1. The van der Waals surface area contributed by atoms with Crippen molar-refractivity contribution in [2.24, 2.45) is 0 Å². The zero-order valence-electron chi connectivity index (χ0n) is 14.7. The summed E-state index contributed by atoms with van der Waals surface area (Å²) in [4.78, 5) is 22.8. The van der Waals surface area contributed by atoms with E-state index in [1.807, 2.05) is 0 Å². The van der Waals surface area contributed by atoms with E-state index in [9.17, 15) is 17.6 Å². The SMILES string of the molecule is CN(CC(=O)N(Cc1ccccn1)c1nc2ccc(F)cc2s1)S(C)(=O)=O. The van der Waals surface area contributed by atoms with Gasteiger partial charge in [0.15, 0.2) is 5.13 Å². The number of pyridine rings is 1. The summed E-state index contributed by atoms with van der Waals surface area (Å²) < 4.78 is 38.3. The molecule has 0 aliphatic carbocycles. The Morgan fingerprint density at radius 1 is 1.26 bits per heavy atom. The molecule has 3 aromatic rings. The van der Waals surface area contributed by atoms with Crippen molar-refractivity contribution in [1.29, 1.82) is 0 Å². The maximum absolute atomic E-state index is 13.5. The molecule has 1 amide bonds. The second-order valence-electron chi connectivity index (χ2n) is 5.93. The molecule has 0 saturated carbocycles. The van der Waals surface area contributed by atoms with Gasteiger partial charge in [0.2, 0.25) is 15.9 Å². The minimum absolute atomic E-state index is 0.125. The van der Waals surface area contributed by atoms with Crippen LogP contribution >= 0.6 is 11.3 Å². The Hall–Kier alpha value is -2.43. The van der Waals surface area contributed by atoms with E-state index in [4.69, 9.17) is 0 Å². The van der Waals surface area contributed by atoms with Crippen LogP contribution in [0.25, 0.3) is 10.2 Å². The predicted molar refractivity (Wildman–Crippen MR) is 102 cm³/mol. The molecular formula is C17H17FN4O3S2. The van der Waals surface area contributed by atoms with Crippen LogP contribution in [0.15, 0.2) is 42.6 Å². The highest BCUT2D eigenvalue weighted by atomic mass is 32.2. The average Bonchev–Trinajstić information content (AvgIpc) is 3.02. The molecule has 0 aliphatic rings. The van der Waals surface area contributed by atoms with Gasteiger partial charge in [-0.25, -0.2) is 17.8 Å². The zero-order chi connectivity index (χ0) is 19.6. The maximum atomic E-state index is 13.5. The van der Waals surface area contributed by atoms with Crippen molar-refractivity contribution in [1.82, 2.24) is 14.3 Å². The van der Waals surface area contributed by atoms with Crippen LogP contribution in [0, 0.1) is 5.82 Å². The molecule has 0 spiro atoms. The number of rotatable bonds is 6. The molecule has 142 valence electrons. The minimum atomic E-state index is -3.51. The summed E-state index contributed by atoms with van der Waals surface area (Å²) in [7, 11) is -2.18. The number of thiazole rings is 1. The third kappa shape index (κ3) is 4.65. The van der Waals surface area contributed by atoms with E-state index in [0.717, 1.165) is 21.9 Å². The monoisotopic (exact) mass is 408 g/mol. The van der Waals surface area contributed by atoms with Gasteiger partial charge in [-0.3, -0.25) is 14.7 Å². The van der Waals surface area contributed by atoms with Gasteiger partial charge in [-0.1, -0.05) is 17.4 Å². The fraction of sp³-hybridized carbons (Fsp3) is 0.235. The molecule has 7 nitrogen and oxygen atoms in total. The summed E-state index contributed by atoms with van der Waals surface area (Å²) in [6.07, 6.45) is 2.64. The summed E-state index contributed by atoms with van der Waals surface area (Å²) >= 11 is 1.16. The van der Waals surface area contributed by atoms with Gasteiger partial charge in [-0.05, 0) is 30.3 Å². The van der Waals surface area contributed by atoms with Crippen LogP contribution in [0.5, 0.6) is 0 Å². The number of halogens is 1. The van der Waals surface area contributed by atoms with E-state index >= 15 is 0 Å². The summed E-state index contributed by atoms with van der Waals surface area (Å²) in [5.41, 5.74) is 1.19. The van der Waals surface area contributed by atoms with E-state index in [0.29, 0.717) is 21.0 Å². The van der Waals surface area contributed by atoms with Crippen molar-refractivity contribution in [3.05, 3.63) is 54.1 Å². The second-order valence-corrected chi connectivity index (χ2v) is 9.03.